The SMILES string of the molecule is C=CCNC(=O)COC(=O)c1cn2c(C)cccc2n1. The fourth-order valence-electron chi connectivity index (χ4n) is 1.69. The average molecular weight is 273 g/mol. The molecule has 6 nitrogen and oxygen atoms in total. The maximum atomic E-state index is 11.8. The Bertz CT molecular complexity index is 661. The average Bonchev–Trinajstić information content (AvgIpc) is 2.88. The van der Waals surface area contributed by atoms with Crippen molar-refractivity contribution in [3.05, 3.63) is 48.4 Å². The predicted molar refractivity (Wildman–Crippen MR) is 73.4 cm³/mol. The molecular weight excluding hydrogens is 258 g/mol. The fourth-order valence-corrected chi connectivity index (χ4v) is 1.69. The molecule has 0 saturated heterocycles. The number of fused-ring (bicyclic) bond motifs is 1. The van der Waals surface area contributed by atoms with Crippen LogP contribution in [0.3, 0.4) is 0 Å². The van der Waals surface area contributed by atoms with E-state index in [-0.39, 0.29) is 18.2 Å². The zero-order valence-corrected chi connectivity index (χ0v) is 11.1. The molecular formula is C14H15N3O3. The molecule has 0 aliphatic heterocycles. The lowest BCUT2D eigenvalue weighted by Gasteiger charge is -2.02. The molecule has 104 valence electrons. The summed E-state index contributed by atoms with van der Waals surface area (Å²) in [5.74, 6) is -1.000. The Balaban J connectivity index is 2.02. The molecule has 0 aliphatic carbocycles. The number of esters is 1. The quantitative estimate of drug-likeness (QED) is 0.654. The molecule has 0 radical (unpaired) electrons. The van der Waals surface area contributed by atoms with Gasteiger partial charge in [-0.2, -0.15) is 0 Å². The van der Waals surface area contributed by atoms with Gasteiger partial charge in [0.15, 0.2) is 12.3 Å². The van der Waals surface area contributed by atoms with Gasteiger partial charge >= 0.3 is 5.97 Å². The molecule has 0 spiro atoms. The first-order valence-electron chi connectivity index (χ1n) is 6.11. The second kappa shape index (κ2) is 6.01. The number of nitrogens with zero attached hydrogens (tertiary/aromatic N) is 2. The predicted octanol–water partition coefficient (Wildman–Crippen LogP) is 1.10. The number of carbonyl (C=O) groups is 2. The van der Waals surface area contributed by atoms with Gasteiger partial charge in [-0.15, -0.1) is 6.58 Å². The largest absolute Gasteiger partial charge is 0.451 e. The van der Waals surface area contributed by atoms with Crippen molar-refractivity contribution in [3.8, 4) is 0 Å². The van der Waals surface area contributed by atoms with Crippen molar-refractivity contribution in [1.29, 1.82) is 0 Å². The first-order valence-corrected chi connectivity index (χ1v) is 6.11. The van der Waals surface area contributed by atoms with E-state index in [0.717, 1.165) is 5.69 Å². The highest BCUT2D eigenvalue weighted by Gasteiger charge is 2.14. The molecule has 0 atom stereocenters. The minimum atomic E-state index is -0.623. The van der Waals surface area contributed by atoms with E-state index < -0.39 is 5.97 Å². The molecule has 0 fully saturated rings. The maximum Gasteiger partial charge on any atom is 0.359 e. The van der Waals surface area contributed by atoms with Crippen molar-refractivity contribution in [2.24, 2.45) is 0 Å². The fraction of sp³-hybridized carbons (Fsp3) is 0.214. The summed E-state index contributed by atoms with van der Waals surface area (Å²) >= 11 is 0. The Morgan fingerprint density at radius 2 is 2.30 bits per heavy atom. The van der Waals surface area contributed by atoms with Gasteiger partial charge in [0.25, 0.3) is 5.91 Å². The summed E-state index contributed by atoms with van der Waals surface area (Å²) in [6.45, 7) is 5.39. The van der Waals surface area contributed by atoms with Gasteiger partial charge in [-0.1, -0.05) is 12.1 Å². The number of amides is 1. The highest BCUT2D eigenvalue weighted by atomic mass is 16.5. The Hall–Kier alpha value is -2.63. The summed E-state index contributed by atoms with van der Waals surface area (Å²) in [5, 5.41) is 2.52. The maximum absolute atomic E-state index is 11.8. The third-order valence-electron chi connectivity index (χ3n) is 2.68. The standard InChI is InChI=1S/C14H15N3O3/c1-3-7-15-13(18)9-20-14(19)11-8-17-10(2)5-4-6-12(17)16-11/h3-6,8H,1,7,9H2,2H3,(H,15,18). The van der Waals surface area contributed by atoms with E-state index >= 15 is 0 Å². The molecule has 2 aromatic rings. The number of aromatic nitrogens is 2. The van der Waals surface area contributed by atoms with Crippen LogP contribution in [0.1, 0.15) is 16.2 Å². The third kappa shape index (κ3) is 3.03. The topological polar surface area (TPSA) is 72.7 Å². The van der Waals surface area contributed by atoms with E-state index in [2.05, 4.69) is 16.9 Å². The van der Waals surface area contributed by atoms with Crippen molar-refractivity contribution in [2.75, 3.05) is 13.2 Å². The smallest absolute Gasteiger partial charge is 0.359 e. The second-order valence-corrected chi connectivity index (χ2v) is 4.19. The van der Waals surface area contributed by atoms with E-state index in [1.807, 2.05) is 19.1 Å². The van der Waals surface area contributed by atoms with E-state index in [4.69, 9.17) is 4.74 Å². The molecule has 0 aliphatic rings. The Kier molecular flexibility index (Phi) is 4.14. The van der Waals surface area contributed by atoms with Crippen molar-refractivity contribution < 1.29 is 14.3 Å². The molecule has 2 rings (SSSR count). The molecule has 2 heterocycles. The van der Waals surface area contributed by atoms with Gasteiger partial charge in [-0.05, 0) is 19.1 Å². The monoisotopic (exact) mass is 273 g/mol. The van der Waals surface area contributed by atoms with E-state index in [9.17, 15) is 9.59 Å². The number of rotatable bonds is 5. The summed E-state index contributed by atoms with van der Waals surface area (Å²) < 4.78 is 6.68. The highest BCUT2D eigenvalue weighted by molar-refractivity contribution is 5.90. The number of nitrogens with one attached hydrogen (secondary N) is 1. The minimum absolute atomic E-state index is 0.177. The number of aryl methyl sites for hydroxylation is 1. The summed E-state index contributed by atoms with van der Waals surface area (Å²) in [7, 11) is 0. The first-order chi connectivity index (χ1) is 9.61. The summed E-state index contributed by atoms with van der Waals surface area (Å²) in [5.41, 5.74) is 1.79. The van der Waals surface area contributed by atoms with Crippen LogP contribution in [0.15, 0.2) is 37.1 Å². The molecule has 1 amide bonds. The molecule has 0 unspecified atom stereocenters. The molecule has 2 aromatic heterocycles. The zero-order chi connectivity index (χ0) is 14.5. The van der Waals surface area contributed by atoms with Gasteiger partial charge in [0.2, 0.25) is 0 Å². The van der Waals surface area contributed by atoms with Crippen molar-refractivity contribution in [2.45, 2.75) is 6.92 Å². The first kappa shape index (κ1) is 13.8. The molecule has 6 heteroatoms. The summed E-state index contributed by atoms with van der Waals surface area (Å²) in [6.07, 6.45) is 3.14. The van der Waals surface area contributed by atoms with Crippen LogP contribution in [0.4, 0.5) is 0 Å². The Morgan fingerprint density at radius 3 is 3.00 bits per heavy atom. The number of ether oxygens (including phenoxy) is 1. The van der Waals surface area contributed by atoms with Crippen LogP contribution in [0.5, 0.6) is 0 Å². The van der Waals surface area contributed by atoms with Crippen LogP contribution in [0, 0.1) is 6.92 Å². The number of hydrogen-bond acceptors (Lipinski definition) is 4. The minimum Gasteiger partial charge on any atom is -0.451 e. The van der Waals surface area contributed by atoms with E-state index in [1.54, 1.807) is 22.7 Å². The molecule has 0 saturated carbocycles. The van der Waals surface area contributed by atoms with Crippen molar-refractivity contribution in [3.63, 3.8) is 0 Å². The van der Waals surface area contributed by atoms with Gasteiger partial charge in [0.05, 0.1) is 0 Å². The van der Waals surface area contributed by atoms with Crippen LogP contribution in [-0.4, -0.2) is 34.4 Å². The number of pyridine rings is 1. The molecule has 0 aromatic carbocycles. The van der Waals surface area contributed by atoms with Gasteiger partial charge in [-0.25, -0.2) is 9.78 Å². The molecule has 20 heavy (non-hydrogen) atoms. The lowest BCUT2D eigenvalue weighted by molar-refractivity contribution is -0.124. The van der Waals surface area contributed by atoms with E-state index in [0.29, 0.717) is 12.2 Å². The summed E-state index contributed by atoms with van der Waals surface area (Å²) in [6, 6.07) is 5.56. The van der Waals surface area contributed by atoms with Gasteiger partial charge in [0, 0.05) is 18.4 Å². The van der Waals surface area contributed by atoms with Gasteiger partial charge in [-0.3, -0.25) is 4.79 Å². The number of carbonyl (C=O) groups excluding carboxylic acids is 2. The van der Waals surface area contributed by atoms with Gasteiger partial charge in [0.1, 0.15) is 5.65 Å². The Labute approximate surface area is 116 Å². The molecule has 0 bridgehead atoms. The van der Waals surface area contributed by atoms with Crippen LogP contribution in [0.2, 0.25) is 0 Å². The highest BCUT2D eigenvalue weighted by Crippen LogP contribution is 2.09. The molecule has 1 N–H and O–H groups in total. The van der Waals surface area contributed by atoms with E-state index in [1.165, 1.54) is 0 Å². The van der Waals surface area contributed by atoms with Gasteiger partial charge < -0.3 is 14.5 Å². The van der Waals surface area contributed by atoms with Crippen molar-refractivity contribution >= 4 is 17.5 Å². The normalized spacial score (nSPS) is 10.2. The van der Waals surface area contributed by atoms with Crippen LogP contribution in [-0.2, 0) is 9.53 Å². The van der Waals surface area contributed by atoms with Crippen LogP contribution >= 0.6 is 0 Å². The lowest BCUT2D eigenvalue weighted by Crippen LogP contribution is -2.28. The zero-order valence-electron chi connectivity index (χ0n) is 11.1. The summed E-state index contributed by atoms with van der Waals surface area (Å²) in [4.78, 5) is 27.3. The van der Waals surface area contributed by atoms with Crippen LogP contribution < -0.4 is 5.32 Å². The Morgan fingerprint density at radius 1 is 1.50 bits per heavy atom. The van der Waals surface area contributed by atoms with Crippen LogP contribution in [0.25, 0.3) is 5.65 Å². The third-order valence-corrected chi connectivity index (χ3v) is 2.68. The van der Waals surface area contributed by atoms with Crippen molar-refractivity contribution in [1.82, 2.24) is 14.7 Å². The second-order valence-electron chi connectivity index (χ2n) is 4.19. The number of hydrogen-bond donors (Lipinski definition) is 1. The lowest BCUT2D eigenvalue weighted by atomic mass is 10.4. The number of imidazole rings is 1.